The number of nitrogens with zero attached hydrogens (tertiary/aromatic N) is 2. The summed E-state index contributed by atoms with van der Waals surface area (Å²) in [5.41, 5.74) is 2.70. The summed E-state index contributed by atoms with van der Waals surface area (Å²) in [6, 6.07) is 21.8. The van der Waals surface area contributed by atoms with Crippen molar-refractivity contribution in [2.45, 2.75) is 13.1 Å². The van der Waals surface area contributed by atoms with Gasteiger partial charge in [0, 0.05) is 24.5 Å². The van der Waals surface area contributed by atoms with Gasteiger partial charge in [0.2, 0.25) is 10.0 Å². The van der Waals surface area contributed by atoms with E-state index in [2.05, 4.69) is 15.6 Å². The van der Waals surface area contributed by atoms with Crippen molar-refractivity contribution in [2.24, 2.45) is 0 Å². The van der Waals surface area contributed by atoms with Crippen molar-refractivity contribution >= 4 is 33.2 Å². The van der Waals surface area contributed by atoms with Crippen molar-refractivity contribution in [1.82, 2.24) is 10.3 Å². The molecule has 2 amide bonds. The fourth-order valence-corrected chi connectivity index (χ4v) is 4.59. The third kappa shape index (κ3) is 6.80. The van der Waals surface area contributed by atoms with Crippen LogP contribution in [0.15, 0.2) is 97.3 Å². The minimum Gasteiger partial charge on any atom is -0.348 e. The highest BCUT2D eigenvalue weighted by Gasteiger charge is 2.19. The second-order valence-corrected chi connectivity index (χ2v) is 10.4. The molecule has 194 valence electrons. The molecule has 4 rings (SSSR count). The molecule has 0 aliphatic rings. The minimum atomic E-state index is -3.66. The van der Waals surface area contributed by atoms with Gasteiger partial charge in [-0.15, -0.1) is 0 Å². The van der Waals surface area contributed by atoms with Crippen molar-refractivity contribution in [3.63, 3.8) is 0 Å². The van der Waals surface area contributed by atoms with Crippen LogP contribution in [0.3, 0.4) is 0 Å². The number of para-hydroxylation sites is 1. The molecule has 0 bridgehead atoms. The summed E-state index contributed by atoms with van der Waals surface area (Å²) in [4.78, 5) is 29.7. The Hall–Kier alpha value is -4.57. The molecule has 2 N–H and O–H groups in total. The van der Waals surface area contributed by atoms with Crippen LogP contribution in [-0.2, 0) is 23.1 Å². The summed E-state index contributed by atoms with van der Waals surface area (Å²) in [5.74, 6) is -1.24. The standard InChI is InChI=1S/C28H25FN4O4S/c1-38(36,37)33(19-20-8-12-23(29)13-9-20)24-14-10-22(11-15-24)27(34)32-26-7-3-2-6-25(26)28(35)31-18-21-5-4-16-30-17-21/h2-17H,18-19H2,1H3,(H,31,35)(H,32,34). The van der Waals surface area contributed by atoms with E-state index in [-0.39, 0.29) is 24.6 Å². The fourth-order valence-electron chi connectivity index (χ4n) is 3.70. The summed E-state index contributed by atoms with van der Waals surface area (Å²) in [7, 11) is -3.66. The van der Waals surface area contributed by atoms with Crippen LogP contribution >= 0.6 is 0 Å². The van der Waals surface area contributed by atoms with E-state index in [1.807, 2.05) is 6.07 Å². The Bertz CT molecular complexity index is 1530. The van der Waals surface area contributed by atoms with Crippen LogP contribution in [0.5, 0.6) is 0 Å². The Morgan fingerprint density at radius 1 is 0.868 bits per heavy atom. The average Bonchev–Trinajstić information content (AvgIpc) is 2.92. The first-order chi connectivity index (χ1) is 18.2. The van der Waals surface area contributed by atoms with E-state index in [1.165, 1.54) is 52.8 Å². The summed E-state index contributed by atoms with van der Waals surface area (Å²) >= 11 is 0. The summed E-state index contributed by atoms with van der Waals surface area (Å²) < 4.78 is 39.3. The number of carbonyl (C=O) groups excluding carboxylic acids is 2. The summed E-state index contributed by atoms with van der Waals surface area (Å²) in [6.07, 6.45) is 4.38. The Labute approximate surface area is 220 Å². The van der Waals surface area contributed by atoms with Crippen LogP contribution in [0.25, 0.3) is 0 Å². The van der Waals surface area contributed by atoms with E-state index in [4.69, 9.17) is 0 Å². The van der Waals surface area contributed by atoms with Crippen molar-refractivity contribution in [1.29, 1.82) is 0 Å². The molecule has 0 unspecified atom stereocenters. The summed E-state index contributed by atoms with van der Waals surface area (Å²) in [6.45, 7) is 0.289. The topological polar surface area (TPSA) is 108 Å². The van der Waals surface area contributed by atoms with Gasteiger partial charge in [0.05, 0.1) is 29.7 Å². The van der Waals surface area contributed by atoms with Gasteiger partial charge in [-0.25, -0.2) is 12.8 Å². The lowest BCUT2D eigenvalue weighted by atomic mass is 10.1. The lowest BCUT2D eigenvalue weighted by Gasteiger charge is -2.23. The lowest BCUT2D eigenvalue weighted by molar-refractivity contribution is 0.0951. The molecule has 0 aliphatic heterocycles. The van der Waals surface area contributed by atoms with E-state index >= 15 is 0 Å². The normalized spacial score (nSPS) is 11.0. The van der Waals surface area contributed by atoms with Gasteiger partial charge in [-0.3, -0.25) is 18.9 Å². The molecule has 0 radical (unpaired) electrons. The molecule has 1 aromatic heterocycles. The maximum Gasteiger partial charge on any atom is 0.255 e. The molecule has 0 saturated carbocycles. The maximum atomic E-state index is 13.2. The predicted molar refractivity (Wildman–Crippen MR) is 144 cm³/mol. The van der Waals surface area contributed by atoms with Gasteiger partial charge in [0.25, 0.3) is 11.8 Å². The van der Waals surface area contributed by atoms with Gasteiger partial charge in [-0.05, 0) is 65.7 Å². The molecule has 3 aromatic carbocycles. The zero-order valence-electron chi connectivity index (χ0n) is 20.5. The molecule has 1 heterocycles. The monoisotopic (exact) mass is 532 g/mol. The van der Waals surface area contributed by atoms with Crippen LogP contribution in [0.2, 0.25) is 0 Å². The Morgan fingerprint density at radius 2 is 1.58 bits per heavy atom. The molecule has 10 heteroatoms. The molecule has 0 atom stereocenters. The van der Waals surface area contributed by atoms with Crippen LogP contribution in [0.1, 0.15) is 31.8 Å². The van der Waals surface area contributed by atoms with E-state index in [9.17, 15) is 22.4 Å². The first-order valence-corrected chi connectivity index (χ1v) is 13.5. The zero-order chi connectivity index (χ0) is 27.1. The molecule has 0 saturated heterocycles. The van der Waals surface area contributed by atoms with Crippen molar-refractivity contribution in [3.8, 4) is 0 Å². The van der Waals surface area contributed by atoms with Gasteiger partial charge in [0.15, 0.2) is 0 Å². The van der Waals surface area contributed by atoms with Gasteiger partial charge < -0.3 is 10.6 Å². The van der Waals surface area contributed by atoms with E-state index in [1.54, 1.807) is 42.7 Å². The smallest absolute Gasteiger partial charge is 0.255 e. The van der Waals surface area contributed by atoms with Crippen molar-refractivity contribution in [2.75, 3.05) is 15.9 Å². The highest BCUT2D eigenvalue weighted by Crippen LogP contribution is 2.23. The van der Waals surface area contributed by atoms with Crippen LogP contribution < -0.4 is 14.9 Å². The third-order valence-corrected chi connectivity index (χ3v) is 6.79. The lowest BCUT2D eigenvalue weighted by Crippen LogP contribution is -2.29. The largest absolute Gasteiger partial charge is 0.348 e. The molecule has 4 aromatic rings. The fraction of sp³-hybridized carbons (Fsp3) is 0.107. The zero-order valence-corrected chi connectivity index (χ0v) is 21.3. The molecular weight excluding hydrogens is 507 g/mol. The Balaban J connectivity index is 1.47. The third-order valence-electron chi connectivity index (χ3n) is 5.65. The van der Waals surface area contributed by atoms with Gasteiger partial charge in [0.1, 0.15) is 5.82 Å². The molecule has 8 nitrogen and oxygen atoms in total. The quantitative estimate of drug-likeness (QED) is 0.333. The van der Waals surface area contributed by atoms with Crippen molar-refractivity contribution < 1.29 is 22.4 Å². The highest BCUT2D eigenvalue weighted by atomic mass is 32.2. The number of benzene rings is 3. The van der Waals surface area contributed by atoms with Crippen LogP contribution in [0.4, 0.5) is 15.8 Å². The number of halogens is 1. The first-order valence-electron chi connectivity index (χ1n) is 11.6. The van der Waals surface area contributed by atoms with Crippen molar-refractivity contribution in [3.05, 3.63) is 125 Å². The average molecular weight is 533 g/mol. The summed E-state index contributed by atoms with van der Waals surface area (Å²) in [5, 5.41) is 5.56. The number of sulfonamides is 1. The number of carbonyl (C=O) groups is 2. The molecule has 0 spiro atoms. The number of anilines is 2. The number of hydrogen-bond donors (Lipinski definition) is 2. The molecule has 0 fully saturated rings. The highest BCUT2D eigenvalue weighted by molar-refractivity contribution is 7.92. The van der Waals surface area contributed by atoms with Gasteiger partial charge in [-0.2, -0.15) is 0 Å². The first kappa shape index (κ1) is 26.5. The SMILES string of the molecule is CS(=O)(=O)N(Cc1ccc(F)cc1)c1ccc(C(=O)Nc2ccccc2C(=O)NCc2cccnc2)cc1. The number of nitrogens with one attached hydrogen (secondary N) is 2. The van der Waals surface area contributed by atoms with Gasteiger partial charge >= 0.3 is 0 Å². The molecule has 38 heavy (non-hydrogen) atoms. The van der Waals surface area contributed by atoms with Gasteiger partial charge in [-0.1, -0.05) is 30.3 Å². The molecule has 0 aliphatic carbocycles. The van der Waals surface area contributed by atoms with E-state index in [0.717, 1.165) is 11.8 Å². The number of aromatic nitrogens is 1. The van der Waals surface area contributed by atoms with E-state index < -0.39 is 21.7 Å². The second kappa shape index (κ2) is 11.7. The van der Waals surface area contributed by atoms with Crippen LogP contribution in [-0.4, -0.2) is 31.5 Å². The Morgan fingerprint density at radius 3 is 2.24 bits per heavy atom. The maximum absolute atomic E-state index is 13.2. The second-order valence-electron chi connectivity index (χ2n) is 8.49. The number of rotatable bonds is 9. The molecular formula is C28H25FN4O4S. The van der Waals surface area contributed by atoms with Crippen LogP contribution in [0, 0.1) is 5.82 Å². The number of pyridine rings is 1. The predicted octanol–water partition coefficient (Wildman–Crippen LogP) is 4.37. The Kier molecular flexibility index (Phi) is 8.12. The number of hydrogen-bond acceptors (Lipinski definition) is 5. The minimum absolute atomic E-state index is 0.00614. The number of amides is 2. The van der Waals surface area contributed by atoms with E-state index in [0.29, 0.717) is 22.5 Å².